The molecule has 7 heteroatoms. The molecule has 0 aromatic carbocycles. The number of rotatable bonds is 8. The van der Waals surface area contributed by atoms with E-state index in [9.17, 15) is 5.11 Å². The fourth-order valence-electron chi connectivity index (χ4n) is 3.14. The van der Waals surface area contributed by atoms with Gasteiger partial charge >= 0.3 is 0 Å². The fourth-order valence-corrected chi connectivity index (χ4v) is 3.14. The molecule has 2 aliphatic rings. The van der Waals surface area contributed by atoms with Gasteiger partial charge in [0, 0.05) is 38.6 Å². The van der Waals surface area contributed by atoms with Gasteiger partial charge in [0.15, 0.2) is 0 Å². The minimum absolute atomic E-state index is 0.114. The summed E-state index contributed by atoms with van der Waals surface area (Å²) in [5.74, 6) is 0. The largest absolute Gasteiger partial charge is 0.389 e. The second-order valence-corrected chi connectivity index (χ2v) is 6.31. The van der Waals surface area contributed by atoms with Crippen molar-refractivity contribution in [3.63, 3.8) is 0 Å². The summed E-state index contributed by atoms with van der Waals surface area (Å²) >= 11 is 0. The third kappa shape index (κ3) is 5.54. The van der Waals surface area contributed by atoms with Crippen molar-refractivity contribution in [3.8, 4) is 0 Å². The van der Waals surface area contributed by atoms with Crippen LogP contribution in [0.2, 0.25) is 0 Å². The lowest BCUT2D eigenvalue weighted by Gasteiger charge is -2.34. The first-order valence-corrected chi connectivity index (χ1v) is 8.48. The molecular formula is C16H27N3O4. The summed E-state index contributed by atoms with van der Waals surface area (Å²) < 4.78 is 18.8. The van der Waals surface area contributed by atoms with E-state index < -0.39 is 6.10 Å². The van der Waals surface area contributed by atoms with Crippen LogP contribution in [-0.4, -0.2) is 84.2 Å². The van der Waals surface area contributed by atoms with E-state index in [0.29, 0.717) is 26.4 Å². The Morgan fingerprint density at radius 3 is 3.00 bits per heavy atom. The Hall–Kier alpha value is -0.990. The highest BCUT2D eigenvalue weighted by molar-refractivity contribution is 4.81. The molecule has 0 bridgehead atoms. The van der Waals surface area contributed by atoms with Crippen LogP contribution in [-0.2, 0) is 20.8 Å². The van der Waals surface area contributed by atoms with E-state index in [1.165, 1.54) is 0 Å². The predicted molar refractivity (Wildman–Crippen MR) is 84.2 cm³/mol. The van der Waals surface area contributed by atoms with Crippen molar-refractivity contribution in [2.24, 2.45) is 0 Å². The average Bonchev–Trinajstić information content (AvgIpc) is 3.21. The maximum atomic E-state index is 10.2. The molecule has 1 aromatic heterocycles. The number of hydrogen-bond acceptors (Lipinski definition) is 6. The highest BCUT2D eigenvalue weighted by Gasteiger charge is 2.23. The first kappa shape index (κ1) is 16.9. The highest BCUT2D eigenvalue weighted by atomic mass is 16.5. The molecule has 1 aromatic rings. The lowest BCUT2D eigenvalue weighted by molar-refractivity contribution is -0.0630. The normalized spacial score (nSPS) is 27.3. The van der Waals surface area contributed by atoms with E-state index in [-0.39, 0.29) is 12.2 Å². The number of morpholine rings is 1. The summed E-state index contributed by atoms with van der Waals surface area (Å²) in [6, 6.07) is 1.91. The Morgan fingerprint density at radius 2 is 2.22 bits per heavy atom. The van der Waals surface area contributed by atoms with Gasteiger partial charge in [-0.2, -0.15) is 5.10 Å². The van der Waals surface area contributed by atoms with E-state index in [0.717, 1.165) is 39.1 Å². The maximum Gasteiger partial charge on any atom is 0.0900 e. The molecule has 0 amide bonds. The van der Waals surface area contributed by atoms with Crippen LogP contribution in [0.4, 0.5) is 0 Å². The van der Waals surface area contributed by atoms with Crippen LogP contribution >= 0.6 is 0 Å². The monoisotopic (exact) mass is 325 g/mol. The number of aliphatic hydroxyl groups is 1. The molecule has 2 fully saturated rings. The third-order valence-electron chi connectivity index (χ3n) is 4.28. The van der Waals surface area contributed by atoms with Gasteiger partial charge in [-0.15, -0.1) is 0 Å². The number of ether oxygens (including phenoxy) is 3. The van der Waals surface area contributed by atoms with Crippen molar-refractivity contribution in [2.75, 3.05) is 46.1 Å². The molecule has 0 saturated carbocycles. The standard InChI is InChI=1S/C16H27N3O4/c20-14(12-21-13-15-3-1-7-22-15)9-18-6-8-23-16(10-18)11-19-5-2-4-17-19/h2,4-5,14-16,20H,1,3,6-13H2/t14-,15+,16-/m0/s1. The summed E-state index contributed by atoms with van der Waals surface area (Å²) in [4.78, 5) is 2.23. The Bertz CT molecular complexity index is 437. The first-order chi connectivity index (χ1) is 11.3. The molecule has 0 aliphatic carbocycles. The Kier molecular flexibility index (Phi) is 6.41. The van der Waals surface area contributed by atoms with E-state index in [2.05, 4.69) is 10.00 Å². The highest BCUT2D eigenvalue weighted by Crippen LogP contribution is 2.12. The van der Waals surface area contributed by atoms with Crippen LogP contribution in [0.5, 0.6) is 0 Å². The molecule has 2 saturated heterocycles. The Balaban J connectivity index is 1.33. The minimum Gasteiger partial charge on any atom is -0.389 e. The van der Waals surface area contributed by atoms with Crippen LogP contribution in [0.25, 0.3) is 0 Å². The number of aromatic nitrogens is 2. The van der Waals surface area contributed by atoms with Gasteiger partial charge in [0.2, 0.25) is 0 Å². The Labute approximate surface area is 137 Å². The number of β-amino-alcohol motifs (C(OH)–C–C–N with tert-alkyl or cyclic N) is 1. The van der Waals surface area contributed by atoms with Gasteiger partial charge < -0.3 is 19.3 Å². The quantitative estimate of drug-likeness (QED) is 0.733. The molecular weight excluding hydrogens is 298 g/mol. The zero-order valence-corrected chi connectivity index (χ0v) is 13.5. The Morgan fingerprint density at radius 1 is 1.30 bits per heavy atom. The summed E-state index contributed by atoms with van der Waals surface area (Å²) in [6.45, 7) is 5.49. The van der Waals surface area contributed by atoms with Crippen molar-refractivity contribution in [1.29, 1.82) is 0 Å². The molecule has 3 atom stereocenters. The maximum absolute atomic E-state index is 10.2. The molecule has 130 valence electrons. The molecule has 0 unspecified atom stereocenters. The zero-order chi connectivity index (χ0) is 15.9. The molecule has 3 rings (SSSR count). The lowest BCUT2D eigenvalue weighted by Crippen LogP contribution is -2.47. The first-order valence-electron chi connectivity index (χ1n) is 8.48. The van der Waals surface area contributed by atoms with Crippen molar-refractivity contribution in [3.05, 3.63) is 18.5 Å². The molecule has 23 heavy (non-hydrogen) atoms. The predicted octanol–water partition coefficient (Wildman–Crippen LogP) is 0.140. The summed E-state index contributed by atoms with van der Waals surface area (Å²) in [5, 5.41) is 14.4. The van der Waals surface area contributed by atoms with Crippen LogP contribution in [0, 0.1) is 0 Å². The summed E-state index contributed by atoms with van der Waals surface area (Å²) in [5.41, 5.74) is 0. The van der Waals surface area contributed by atoms with Gasteiger partial charge in [0.25, 0.3) is 0 Å². The van der Waals surface area contributed by atoms with Crippen molar-refractivity contribution in [2.45, 2.75) is 37.7 Å². The van der Waals surface area contributed by atoms with Gasteiger partial charge in [-0.3, -0.25) is 9.58 Å². The van der Waals surface area contributed by atoms with E-state index >= 15 is 0 Å². The second-order valence-electron chi connectivity index (χ2n) is 6.31. The molecule has 7 nitrogen and oxygen atoms in total. The number of aliphatic hydroxyl groups excluding tert-OH is 1. The van der Waals surface area contributed by atoms with Gasteiger partial charge in [0.05, 0.1) is 44.7 Å². The van der Waals surface area contributed by atoms with Gasteiger partial charge in [-0.25, -0.2) is 0 Å². The van der Waals surface area contributed by atoms with E-state index in [4.69, 9.17) is 14.2 Å². The van der Waals surface area contributed by atoms with Crippen LogP contribution in [0.3, 0.4) is 0 Å². The van der Waals surface area contributed by atoms with Crippen LogP contribution in [0.1, 0.15) is 12.8 Å². The van der Waals surface area contributed by atoms with E-state index in [1.54, 1.807) is 6.20 Å². The second kappa shape index (κ2) is 8.75. The van der Waals surface area contributed by atoms with Crippen molar-refractivity contribution >= 4 is 0 Å². The fraction of sp³-hybridized carbons (Fsp3) is 0.812. The smallest absolute Gasteiger partial charge is 0.0900 e. The summed E-state index contributed by atoms with van der Waals surface area (Å²) in [7, 11) is 0. The topological polar surface area (TPSA) is 69.0 Å². The number of nitrogens with zero attached hydrogens (tertiary/aromatic N) is 3. The summed E-state index contributed by atoms with van der Waals surface area (Å²) in [6.07, 6.45) is 5.75. The zero-order valence-electron chi connectivity index (χ0n) is 13.5. The minimum atomic E-state index is -0.472. The van der Waals surface area contributed by atoms with Gasteiger partial charge in [0.1, 0.15) is 0 Å². The van der Waals surface area contributed by atoms with Gasteiger partial charge in [-0.1, -0.05) is 0 Å². The molecule has 1 N–H and O–H groups in total. The van der Waals surface area contributed by atoms with Crippen LogP contribution in [0.15, 0.2) is 18.5 Å². The number of hydrogen-bond donors (Lipinski definition) is 1. The average molecular weight is 325 g/mol. The molecule has 3 heterocycles. The van der Waals surface area contributed by atoms with E-state index in [1.807, 2.05) is 16.9 Å². The third-order valence-corrected chi connectivity index (χ3v) is 4.28. The van der Waals surface area contributed by atoms with Gasteiger partial charge in [-0.05, 0) is 18.9 Å². The molecule has 2 aliphatic heterocycles. The lowest BCUT2D eigenvalue weighted by atomic mass is 10.2. The SMILES string of the molecule is O[C@H](COC[C@H]1CCCO1)CN1CCO[C@H](Cn2cccn2)C1. The van der Waals surface area contributed by atoms with Crippen LogP contribution < -0.4 is 0 Å². The molecule has 0 spiro atoms. The van der Waals surface area contributed by atoms with Crippen molar-refractivity contribution < 1.29 is 19.3 Å². The van der Waals surface area contributed by atoms with Crippen molar-refractivity contribution in [1.82, 2.24) is 14.7 Å². The molecule has 0 radical (unpaired) electrons.